The summed E-state index contributed by atoms with van der Waals surface area (Å²) in [5, 5.41) is 0. The van der Waals surface area contributed by atoms with E-state index in [0.29, 0.717) is 0 Å². The van der Waals surface area contributed by atoms with Gasteiger partial charge in [-0.1, -0.05) is 28.1 Å². The first-order chi connectivity index (χ1) is 6.09. The van der Waals surface area contributed by atoms with Crippen LogP contribution in [0.5, 0.6) is 0 Å². The lowest BCUT2D eigenvalue weighted by Gasteiger charge is -2.06. The van der Waals surface area contributed by atoms with Crippen molar-refractivity contribution in [1.29, 1.82) is 0 Å². The lowest BCUT2D eigenvalue weighted by Crippen LogP contribution is -2.23. The number of benzene rings is 1. The van der Waals surface area contributed by atoms with Gasteiger partial charge in [0.15, 0.2) is 5.96 Å². The van der Waals surface area contributed by atoms with Crippen molar-refractivity contribution in [2.45, 2.75) is 13.0 Å². The van der Waals surface area contributed by atoms with E-state index >= 15 is 0 Å². The molecule has 13 heavy (non-hydrogen) atoms. The van der Waals surface area contributed by atoms with Crippen LogP contribution in [0.3, 0.4) is 0 Å². The van der Waals surface area contributed by atoms with Gasteiger partial charge in [0.25, 0.3) is 0 Å². The van der Waals surface area contributed by atoms with E-state index in [4.69, 9.17) is 11.5 Å². The first-order valence-electron chi connectivity index (χ1n) is 3.94. The first-order valence-corrected chi connectivity index (χ1v) is 4.73. The minimum Gasteiger partial charge on any atom is -0.370 e. The molecule has 3 nitrogen and oxygen atoms in total. The lowest BCUT2D eigenvalue weighted by atomic mass is 10.1. The van der Waals surface area contributed by atoms with Crippen LogP contribution in [-0.2, 0) is 0 Å². The van der Waals surface area contributed by atoms with Crippen LogP contribution in [0.4, 0.5) is 0 Å². The molecule has 0 heterocycles. The van der Waals surface area contributed by atoms with Crippen LogP contribution >= 0.6 is 15.9 Å². The Kier molecular flexibility index (Phi) is 3.31. The summed E-state index contributed by atoms with van der Waals surface area (Å²) in [4.78, 5) is 4.04. The van der Waals surface area contributed by atoms with E-state index < -0.39 is 0 Å². The van der Waals surface area contributed by atoms with Crippen LogP contribution in [-0.4, -0.2) is 5.96 Å². The summed E-state index contributed by atoms with van der Waals surface area (Å²) in [6.45, 7) is 1.95. The van der Waals surface area contributed by atoms with E-state index in [1.54, 1.807) is 0 Å². The van der Waals surface area contributed by atoms with E-state index in [0.717, 1.165) is 10.0 Å². The minimum absolute atomic E-state index is 0.00231. The summed E-state index contributed by atoms with van der Waals surface area (Å²) in [6, 6.07) is 7.91. The first kappa shape index (κ1) is 10.1. The van der Waals surface area contributed by atoms with E-state index in [2.05, 4.69) is 20.9 Å². The van der Waals surface area contributed by atoms with Gasteiger partial charge in [0.1, 0.15) is 0 Å². The number of halogens is 1. The van der Waals surface area contributed by atoms with Crippen molar-refractivity contribution in [3.8, 4) is 0 Å². The molecule has 70 valence electrons. The standard InChI is InChI=1S/C9H12BrN3/c1-6(13-9(11)12)7-3-2-4-8(10)5-7/h2-6H,1H3,(H4,11,12,13). The van der Waals surface area contributed by atoms with E-state index in [1.165, 1.54) is 0 Å². The second-order valence-electron chi connectivity index (χ2n) is 2.78. The summed E-state index contributed by atoms with van der Waals surface area (Å²) >= 11 is 3.39. The molecule has 0 spiro atoms. The van der Waals surface area contributed by atoms with Gasteiger partial charge < -0.3 is 11.5 Å². The number of guanidine groups is 1. The van der Waals surface area contributed by atoms with Crippen molar-refractivity contribution in [2.75, 3.05) is 0 Å². The van der Waals surface area contributed by atoms with Gasteiger partial charge in [-0.2, -0.15) is 0 Å². The number of nitrogens with zero attached hydrogens (tertiary/aromatic N) is 1. The molecule has 0 bridgehead atoms. The molecule has 0 amide bonds. The summed E-state index contributed by atoms with van der Waals surface area (Å²) in [5.74, 6) is 0.118. The van der Waals surface area contributed by atoms with Crippen molar-refractivity contribution in [1.82, 2.24) is 0 Å². The zero-order valence-corrected chi connectivity index (χ0v) is 8.95. The van der Waals surface area contributed by atoms with Crippen molar-refractivity contribution in [3.05, 3.63) is 34.3 Å². The SMILES string of the molecule is CC(N=C(N)N)c1cccc(Br)c1. The van der Waals surface area contributed by atoms with Gasteiger partial charge in [0.2, 0.25) is 0 Å². The number of aliphatic imine (C=N–C) groups is 1. The molecule has 0 aromatic heterocycles. The fourth-order valence-corrected chi connectivity index (χ4v) is 1.48. The van der Waals surface area contributed by atoms with Crippen molar-refractivity contribution >= 4 is 21.9 Å². The zero-order valence-electron chi connectivity index (χ0n) is 7.37. The van der Waals surface area contributed by atoms with Gasteiger partial charge in [-0.15, -0.1) is 0 Å². The summed E-state index contributed by atoms with van der Waals surface area (Å²) in [5.41, 5.74) is 11.7. The highest BCUT2D eigenvalue weighted by Crippen LogP contribution is 2.20. The molecule has 0 aliphatic heterocycles. The van der Waals surface area contributed by atoms with Gasteiger partial charge >= 0.3 is 0 Å². The second kappa shape index (κ2) is 4.28. The molecule has 4 heteroatoms. The van der Waals surface area contributed by atoms with Crippen molar-refractivity contribution in [3.63, 3.8) is 0 Å². The fourth-order valence-electron chi connectivity index (χ4n) is 1.06. The van der Waals surface area contributed by atoms with Gasteiger partial charge in [-0.25, -0.2) is 4.99 Å². The third kappa shape index (κ3) is 3.06. The Hall–Kier alpha value is -1.03. The van der Waals surface area contributed by atoms with E-state index in [-0.39, 0.29) is 12.0 Å². The molecule has 0 aliphatic rings. The number of nitrogens with two attached hydrogens (primary N) is 2. The van der Waals surface area contributed by atoms with Crippen LogP contribution in [0.15, 0.2) is 33.7 Å². The smallest absolute Gasteiger partial charge is 0.186 e. The number of hydrogen-bond donors (Lipinski definition) is 2. The highest BCUT2D eigenvalue weighted by atomic mass is 79.9. The Bertz CT molecular complexity index is 318. The molecule has 0 aliphatic carbocycles. The molecular formula is C9H12BrN3. The summed E-state index contributed by atoms with van der Waals surface area (Å²) in [6.07, 6.45) is 0. The van der Waals surface area contributed by atoms with Crippen LogP contribution in [0.25, 0.3) is 0 Å². The zero-order chi connectivity index (χ0) is 9.84. The Morgan fingerprint density at radius 2 is 2.15 bits per heavy atom. The minimum atomic E-state index is 0.00231. The molecule has 0 radical (unpaired) electrons. The van der Waals surface area contributed by atoms with Gasteiger partial charge in [0, 0.05) is 4.47 Å². The monoisotopic (exact) mass is 241 g/mol. The van der Waals surface area contributed by atoms with Crippen LogP contribution in [0, 0.1) is 0 Å². The lowest BCUT2D eigenvalue weighted by molar-refractivity contribution is 0.815. The average molecular weight is 242 g/mol. The van der Waals surface area contributed by atoms with Crippen molar-refractivity contribution < 1.29 is 0 Å². The van der Waals surface area contributed by atoms with Crippen LogP contribution in [0.2, 0.25) is 0 Å². The predicted molar refractivity (Wildman–Crippen MR) is 58.4 cm³/mol. The normalized spacial score (nSPS) is 12.2. The Morgan fingerprint density at radius 1 is 1.46 bits per heavy atom. The Morgan fingerprint density at radius 3 is 2.69 bits per heavy atom. The highest BCUT2D eigenvalue weighted by molar-refractivity contribution is 9.10. The van der Waals surface area contributed by atoms with Crippen molar-refractivity contribution in [2.24, 2.45) is 16.5 Å². The van der Waals surface area contributed by atoms with Gasteiger partial charge in [0.05, 0.1) is 6.04 Å². The topological polar surface area (TPSA) is 64.4 Å². The van der Waals surface area contributed by atoms with Crippen LogP contribution in [0.1, 0.15) is 18.5 Å². The van der Waals surface area contributed by atoms with Gasteiger partial charge in [-0.3, -0.25) is 0 Å². The molecule has 0 saturated carbocycles. The molecule has 1 atom stereocenters. The van der Waals surface area contributed by atoms with Crippen LogP contribution < -0.4 is 11.5 Å². The predicted octanol–water partition coefficient (Wildman–Crippen LogP) is 1.78. The molecule has 0 fully saturated rings. The van der Waals surface area contributed by atoms with Gasteiger partial charge in [-0.05, 0) is 24.6 Å². The Balaban J connectivity index is 2.89. The second-order valence-corrected chi connectivity index (χ2v) is 3.70. The highest BCUT2D eigenvalue weighted by Gasteiger charge is 2.02. The quantitative estimate of drug-likeness (QED) is 0.613. The average Bonchev–Trinajstić information content (AvgIpc) is 2.03. The molecule has 1 rings (SSSR count). The molecule has 1 aromatic rings. The number of hydrogen-bond acceptors (Lipinski definition) is 1. The molecule has 0 saturated heterocycles. The molecule has 1 unspecified atom stereocenters. The maximum absolute atomic E-state index is 5.28. The maximum Gasteiger partial charge on any atom is 0.186 e. The van der Waals surface area contributed by atoms with E-state index in [9.17, 15) is 0 Å². The largest absolute Gasteiger partial charge is 0.370 e. The number of rotatable bonds is 2. The molecule has 4 N–H and O–H groups in total. The summed E-state index contributed by atoms with van der Waals surface area (Å²) < 4.78 is 1.03. The molecule has 1 aromatic carbocycles. The fraction of sp³-hybridized carbons (Fsp3) is 0.222. The summed E-state index contributed by atoms with van der Waals surface area (Å²) in [7, 11) is 0. The third-order valence-corrected chi connectivity index (χ3v) is 2.17. The Labute approximate surface area is 86.0 Å². The van der Waals surface area contributed by atoms with E-state index in [1.807, 2.05) is 31.2 Å². The third-order valence-electron chi connectivity index (χ3n) is 1.67. The molecular weight excluding hydrogens is 230 g/mol. The maximum atomic E-state index is 5.28.